The molecule has 21 heavy (non-hydrogen) atoms. The Morgan fingerprint density at radius 3 is 2.67 bits per heavy atom. The molecule has 0 aliphatic rings. The van der Waals surface area contributed by atoms with Crippen LogP contribution in [0.15, 0.2) is 53.1 Å². The number of hydrogen-bond acceptors (Lipinski definition) is 2. The molecule has 1 amide bonds. The Balaban J connectivity index is 2.83. The third kappa shape index (κ3) is 4.56. The van der Waals surface area contributed by atoms with E-state index in [0.717, 1.165) is 0 Å². The highest BCUT2D eigenvalue weighted by molar-refractivity contribution is 9.12. The van der Waals surface area contributed by atoms with E-state index in [9.17, 15) is 9.18 Å². The van der Waals surface area contributed by atoms with Crippen LogP contribution >= 0.6 is 15.9 Å². The molecule has 0 saturated heterocycles. The summed E-state index contributed by atoms with van der Waals surface area (Å²) in [5.41, 5.74) is 1.66. The van der Waals surface area contributed by atoms with Crippen LogP contribution in [0.5, 0.6) is 5.75 Å². The van der Waals surface area contributed by atoms with E-state index in [2.05, 4.69) is 34.4 Å². The zero-order chi connectivity index (χ0) is 16.0. The van der Waals surface area contributed by atoms with Gasteiger partial charge in [-0.3, -0.25) is 4.79 Å². The molecule has 0 unspecified atom stereocenters. The van der Waals surface area contributed by atoms with Crippen LogP contribution in [-0.4, -0.2) is 13.0 Å². The van der Waals surface area contributed by atoms with E-state index in [-0.39, 0.29) is 18.2 Å². The maximum Gasteiger partial charge on any atom is 0.252 e. The number of ether oxygens (including phenoxy) is 1. The molecular formula is C16H17BrFNO2. The monoisotopic (exact) mass is 353 g/mol. The lowest BCUT2D eigenvalue weighted by atomic mass is 10.1. The average Bonchev–Trinajstić information content (AvgIpc) is 2.44. The largest absolute Gasteiger partial charge is 0.494 e. The van der Waals surface area contributed by atoms with E-state index < -0.39 is 5.82 Å². The highest BCUT2D eigenvalue weighted by Crippen LogP contribution is 2.20. The van der Waals surface area contributed by atoms with Crippen molar-refractivity contribution in [2.24, 2.45) is 0 Å². The van der Waals surface area contributed by atoms with Gasteiger partial charge < -0.3 is 10.1 Å². The summed E-state index contributed by atoms with van der Waals surface area (Å²) in [4.78, 5) is 12.1. The van der Waals surface area contributed by atoms with Gasteiger partial charge in [0.2, 0.25) is 0 Å². The van der Waals surface area contributed by atoms with Crippen LogP contribution in [0, 0.1) is 5.82 Å². The molecule has 1 aromatic carbocycles. The first-order valence-corrected chi connectivity index (χ1v) is 6.98. The van der Waals surface area contributed by atoms with Crippen molar-refractivity contribution in [1.29, 1.82) is 0 Å². The van der Waals surface area contributed by atoms with Gasteiger partial charge in [0.1, 0.15) is 0 Å². The second-order valence-electron chi connectivity index (χ2n) is 4.36. The lowest BCUT2D eigenvalue weighted by molar-refractivity contribution is -0.117. The summed E-state index contributed by atoms with van der Waals surface area (Å²) in [5, 5.41) is 2.72. The number of amides is 1. The summed E-state index contributed by atoms with van der Waals surface area (Å²) < 4.78 is 19.0. The molecule has 1 N–H and O–H groups in total. The van der Waals surface area contributed by atoms with Crippen molar-refractivity contribution >= 4 is 21.8 Å². The molecule has 3 nitrogen and oxygen atoms in total. The van der Waals surface area contributed by atoms with Gasteiger partial charge in [0.25, 0.3) is 5.91 Å². The van der Waals surface area contributed by atoms with Crippen molar-refractivity contribution in [3.63, 3.8) is 0 Å². The first-order chi connectivity index (χ1) is 9.90. The highest BCUT2D eigenvalue weighted by atomic mass is 79.9. The lowest BCUT2D eigenvalue weighted by Gasteiger charge is -2.11. The van der Waals surface area contributed by atoms with Crippen molar-refractivity contribution in [2.45, 2.75) is 13.5 Å². The second-order valence-corrected chi connectivity index (χ2v) is 5.21. The van der Waals surface area contributed by atoms with Gasteiger partial charge in [-0.15, -0.1) is 0 Å². The second kappa shape index (κ2) is 7.78. The number of nitrogens with one attached hydrogen (secondary N) is 1. The number of rotatable bonds is 6. The molecule has 0 fully saturated rings. The van der Waals surface area contributed by atoms with Gasteiger partial charge in [-0.2, -0.15) is 0 Å². The zero-order valence-electron chi connectivity index (χ0n) is 12.0. The lowest BCUT2D eigenvalue weighted by Crippen LogP contribution is -2.25. The van der Waals surface area contributed by atoms with Crippen LogP contribution in [0.2, 0.25) is 0 Å². The number of halogens is 2. The number of allylic oxidation sites excluding steroid dienone is 2. The normalized spacial score (nSPS) is 11.4. The van der Waals surface area contributed by atoms with Crippen molar-refractivity contribution in [1.82, 2.24) is 5.32 Å². The molecule has 0 spiro atoms. The van der Waals surface area contributed by atoms with Gasteiger partial charge >= 0.3 is 0 Å². The summed E-state index contributed by atoms with van der Waals surface area (Å²) in [7, 11) is 1.40. The molecule has 0 aliphatic heterocycles. The number of methoxy groups -OCH3 is 1. The van der Waals surface area contributed by atoms with Gasteiger partial charge in [0.05, 0.1) is 12.7 Å². The Hall–Kier alpha value is -1.88. The molecule has 0 radical (unpaired) electrons. The molecule has 1 aromatic rings. The fourth-order valence-electron chi connectivity index (χ4n) is 1.70. The van der Waals surface area contributed by atoms with E-state index >= 15 is 0 Å². The minimum atomic E-state index is -0.466. The smallest absolute Gasteiger partial charge is 0.252 e. The third-order valence-electron chi connectivity index (χ3n) is 2.74. The van der Waals surface area contributed by atoms with Crippen LogP contribution in [0.1, 0.15) is 12.5 Å². The topological polar surface area (TPSA) is 38.3 Å². The average molecular weight is 354 g/mol. The molecule has 0 atom stereocenters. The molecule has 5 heteroatoms. The number of hydrogen-bond donors (Lipinski definition) is 1. The summed E-state index contributed by atoms with van der Waals surface area (Å²) in [5.74, 6) is -0.598. The SMILES string of the molecule is C=C/C(Br)=C(\C(=C)C)C(=O)NCc1ccc(OC)c(F)c1. The predicted molar refractivity (Wildman–Crippen MR) is 85.8 cm³/mol. The molecule has 0 heterocycles. The number of benzene rings is 1. The molecule has 0 aromatic heterocycles. The molecule has 0 aliphatic carbocycles. The van der Waals surface area contributed by atoms with Gasteiger partial charge in [-0.25, -0.2) is 4.39 Å². The quantitative estimate of drug-likeness (QED) is 0.622. The number of carbonyl (C=O) groups excluding carboxylic acids is 1. The van der Waals surface area contributed by atoms with E-state index in [4.69, 9.17) is 4.74 Å². The summed E-state index contributed by atoms with van der Waals surface area (Å²) >= 11 is 3.26. The number of carbonyl (C=O) groups is 1. The molecule has 0 saturated carbocycles. The van der Waals surface area contributed by atoms with E-state index in [1.807, 2.05) is 0 Å². The first-order valence-electron chi connectivity index (χ1n) is 6.19. The Bertz CT molecular complexity index is 608. The molecule has 0 bridgehead atoms. The Kier molecular flexibility index (Phi) is 6.37. The fraction of sp³-hybridized carbons (Fsp3) is 0.188. The minimum absolute atomic E-state index is 0.169. The van der Waals surface area contributed by atoms with Crippen molar-refractivity contribution < 1.29 is 13.9 Å². The van der Waals surface area contributed by atoms with E-state index in [1.165, 1.54) is 25.3 Å². The van der Waals surface area contributed by atoms with Crippen LogP contribution < -0.4 is 10.1 Å². The third-order valence-corrected chi connectivity index (χ3v) is 3.46. The van der Waals surface area contributed by atoms with Crippen LogP contribution in [0.25, 0.3) is 0 Å². The maximum absolute atomic E-state index is 13.6. The van der Waals surface area contributed by atoms with Gasteiger partial charge in [0.15, 0.2) is 11.6 Å². The van der Waals surface area contributed by atoms with Crippen LogP contribution in [-0.2, 0) is 11.3 Å². The Morgan fingerprint density at radius 1 is 1.52 bits per heavy atom. The zero-order valence-corrected chi connectivity index (χ0v) is 13.6. The standard InChI is InChI=1S/C16H17BrFNO2/c1-5-12(17)15(10(2)3)16(20)19-9-11-6-7-14(21-4)13(18)8-11/h5-8H,1-2,9H2,3-4H3,(H,19,20)/b15-12-. The van der Waals surface area contributed by atoms with Crippen molar-refractivity contribution in [3.8, 4) is 5.75 Å². The van der Waals surface area contributed by atoms with Crippen LogP contribution in [0.3, 0.4) is 0 Å². The minimum Gasteiger partial charge on any atom is -0.494 e. The van der Waals surface area contributed by atoms with Gasteiger partial charge in [-0.1, -0.05) is 25.3 Å². The van der Waals surface area contributed by atoms with Crippen molar-refractivity contribution in [2.75, 3.05) is 7.11 Å². The Labute approximate surface area is 132 Å². The fourth-order valence-corrected chi connectivity index (χ4v) is 2.22. The van der Waals surface area contributed by atoms with Gasteiger partial charge in [-0.05, 0) is 46.1 Å². The first kappa shape index (κ1) is 17.2. The predicted octanol–water partition coefficient (Wildman–Crippen LogP) is 3.86. The summed E-state index contributed by atoms with van der Waals surface area (Å²) in [6.07, 6.45) is 1.52. The highest BCUT2D eigenvalue weighted by Gasteiger charge is 2.13. The van der Waals surface area contributed by atoms with Crippen LogP contribution in [0.4, 0.5) is 4.39 Å². The molecule has 1 rings (SSSR count). The summed E-state index contributed by atoms with van der Waals surface area (Å²) in [6, 6.07) is 4.53. The molecular weight excluding hydrogens is 337 g/mol. The van der Waals surface area contributed by atoms with Gasteiger partial charge in [0, 0.05) is 11.0 Å². The van der Waals surface area contributed by atoms with E-state index in [0.29, 0.717) is 21.2 Å². The summed E-state index contributed by atoms with van der Waals surface area (Å²) in [6.45, 7) is 9.30. The Morgan fingerprint density at radius 2 is 2.19 bits per heavy atom. The molecule has 112 valence electrons. The van der Waals surface area contributed by atoms with Crippen molar-refractivity contribution in [3.05, 3.63) is 64.4 Å². The van der Waals surface area contributed by atoms with E-state index in [1.54, 1.807) is 13.0 Å². The maximum atomic E-state index is 13.6.